The van der Waals surface area contributed by atoms with Crippen LogP contribution in [0.3, 0.4) is 0 Å². The van der Waals surface area contributed by atoms with E-state index in [-0.39, 0.29) is 0 Å². The predicted molar refractivity (Wildman–Crippen MR) is 234 cm³/mol. The van der Waals surface area contributed by atoms with Crippen LogP contribution in [-0.4, -0.2) is 0 Å². The van der Waals surface area contributed by atoms with E-state index in [0.29, 0.717) is 0 Å². The Kier molecular flexibility index (Phi) is 6.62. The number of benzene rings is 10. The van der Waals surface area contributed by atoms with E-state index in [4.69, 9.17) is 4.42 Å². The van der Waals surface area contributed by atoms with Crippen molar-refractivity contribution in [1.29, 1.82) is 0 Å². The van der Waals surface area contributed by atoms with Crippen molar-refractivity contribution in [2.75, 3.05) is 0 Å². The fourth-order valence-corrected chi connectivity index (χ4v) is 9.91. The SMILES string of the molecule is c1ccc(C2(c3ccccc3)c3cc(-c4cccc5oc6c7ccccc7ccc6c45)ccc3-c3cc4c(-c5cccc6ccccc56)cccc4cc32)cc1. The summed E-state index contributed by atoms with van der Waals surface area (Å²) in [5, 5.41) is 9.63. The van der Waals surface area contributed by atoms with Gasteiger partial charge < -0.3 is 4.42 Å². The number of hydrogen-bond donors (Lipinski definition) is 0. The fourth-order valence-electron chi connectivity index (χ4n) is 9.91. The van der Waals surface area contributed by atoms with Crippen molar-refractivity contribution >= 4 is 54.3 Å². The zero-order valence-corrected chi connectivity index (χ0v) is 30.5. The normalized spacial score (nSPS) is 13.1. The topological polar surface area (TPSA) is 13.1 Å². The Morgan fingerprint density at radius 3 is 1.68 bits per heavy atom. The molecule has 0 saturated carbocycles. The molecule has 0 saturated heterocycles. The highest BCUT2D eigenvalue weighted by Crippen LogP contribution is 2.58. The van der Waals surface area contributed by atoms with Gasteiger partial charge in [-0.05, 0) is 113 Å². The van der Waals surface area contributed by atoms with Gasteiger partial charge in [-0.3, -0.25) is 0 Å². The van der Waals surface area contributed by atoms with E-state index in [1.54, 1.807) is 0 Å². The van der Waals surface area contributed by atoms with Gasteiger partial charge in [0, 0.05) is 16.2 Å². The first kappa shape index (κ1) is 31.2. The van der Waals surface area contributed by atoms with Crippen molar-refractivity contribution in [1.82, 2.24) is 0 Å². The average molecular weight is 711 g/mol. The molecule has 0 bridgehead atoms. The van der Waals surface area contributed by atoms with Gasteiger partial charge in [0.1, 0.15) is 11.2 Å². The molecule has 0 radical (unpaired) electrons. The Balaban J connectivity index is 1.17. The van der Waals surface area contributed by atoms with E-state index < -0.39 is 5.41 Å². The molecule has 0 fully saturated rings. The summed E-state index contributed by atoms with van der Waals surface area (Å²) in [4.78, 5) is 0. The molecule has 1 nitrogen and oxygen atoms in total. The summed E-state index contributed by atoms with van der Waals surface area (Å²) in [5.41, 5.74) is 13.8. The highest BCUT2D eigenvalue weighted by Gasteiger charge is 2.46. The van der Waals surface area contributed by atoms with Crippen LogP contribution in [0, 0.1) is 0 Å². The molecule has 1 aliphatic carbocycles. The standard InChI is InChI=1S/C55H34O/c1-3-18-39(19-4-1)55(40-20-5-2-6-21-40)50-33-38(42-24-13-27-52-53(42)47-31-28-36-15-8-10-23-43(36)54(47)56-52)29-30-46(50)49-34-48-37(32-51(49)55)17-12-26-45(48)44-25-11-16-35-14-7-9-22-41(35)44/h1-34H. The summed E-state index contributed by atoms with van der Waals surface area (Å²) in [6.07, 6.45) is 0. The van der Waals surface area contributed by atoms with Crippen LogP contribution < -0.4 is 0 Å². The molecule has 1 heteroatoms. The van der Waals surface area contributed by atoms with Gasteiger partial charge in [-0.15, -0.1) is 0 Å². The molecule has 11 aromatic rings. The number of rotatable bonds is 4. The highest BCUT2D eigenvalue weighted by atomic mass is 16.3. The summed E-state index contributed by atoms with van der Waals surface area (Å²) in [6, 6.07) is 76.0. The van der Waals surface area contributed by atoms with Crippen molar-refractivity contribution in [3.05, 3.63) is 229 Å². The smallest absolute Gasteiger partial charge is 0.143 e. The van der Waals surface area contributed by atoms with Crippen molar-refractivity contribution in [3.8, 4) is 33.4 Å². The fraction of sp³-hybridized carbons (Fsp3) is 0.0182. The molecule has 0 unspecified atom stereocenters. The summed E-state index contributed by atoms with van der Waals surface area (Å²) in [6.45, 7) is 0. The van der Waals surface area contributed by atoms with Crippen molar-refractivity contribution in [2.24, 2.45) is 0 Å². The van der Waals surface area contributed by atoms with Crippen molar-refractivity contribution in [3.63, 3.8) is 0 Å². The molecular weight excluding hydrogens is 677 g/mol. The third-order valence-corrected chi connectivity index (χ3v) is 12.3. The van der Waals surface area contributed by atoms with Gasteiger partial charge in [0.05, 0.1) is 5.41 Å². The first-order valence-corrected chi connectivity index (χ1v) is 19.4. The molecule has 1 aromatic heterocycles. The van der Waals surface area contributed by atoms with Gasteiger partial charge in [0.15, 0.2) is 0 Å². The van der Waals surface area contributed by atoms with Gasteiger partial charge in [-0.25, -0.2) is 0 Å². The molecule has 56 heavy (non-hydrogen) atoms. The Morgan fingerprint density at radius 1 is 0.321 bits per heavy atom. The van der Waals surface area contributed by atoms with Crippen LogP contribution in [0.25, 0.3) is 87.6 Å². The Bertz CT molecular complexity index is 3310. The lowest BCUT2D eigenvalue weighted by Crippen LogP contribution is -2.28. The van der Waals surface area contributed by atoms with Crippen LogP contribution in [0.4, 0.5) is 0 Å². The van der Waals surface area contributed by atoms with Crippen molar-refractivity contribution < 1.29 is 4.42 Å². The third kappa shape index (κ3) is 4.31. The van der Waals surface area contributed by atoms with Crippen LogP contribution in [0.2, 0.25) is 0 Å². The van der Waals surface area contributed by atoms with E-state index in [9.17, 15) is 0 Å². The van der Waals surface area contributed by atoms with E-state index >= 15 is 0 Å². The van der Waals surface area contributed by atoms with E-state index in [1.165, 1.54) is 82.6 Å². The van der Waals surface area contributed by atoms with Crippen molar-refractivity contribution in [2.45, 2.75) is 5.41 Å². The second kappa shape index (κ2) is 11.9. The molecule has 0 spiro atoms. The van der Waals surface area contributed by atoms with E-state index in [0.717, 1.165) is 27.3 Å². The molecule has 1 heterocycles. The predicted octanol–water partition coefficient (Wildman–Crippen LogP) is 14.7. The highest BCUT2D eigenvalue weighted by molar-refractivity contribution is 6.19. The second-order valence-electron chi connectivity index (χ2n) is 15.1. The minimum atomic E-state index is -0.546. The summed E-state index contributed by atoms with van der Waals surface area (Å²) in [7, 11) is 0. The third-order valence-electron chi connectivity index (χ3n) is 12.3. The number of fused-ring (bicyclic) bond motifs is 10. The molecular formula is C55H34O. The zero-order chi connectivity index (χ0) is 36.8. The zero-order valence-electron chi connectivity index (χ0n) is 30.5. The van der Waals surface area contributed by atoms with Crippen LogP contribution >= 0.6 is 0 Å². The molecule has 0 N–H and O–H groups in total. The Labute approximate surface area is 324 Å². The van der Waals surface area contributed by atoms with Gasteiger partial charge in [0.2, 0.25) is 0 Å². The molecule has 10 aromatic carbocycles. The summed E-state index contributed by atoms with van der Waals surface area (Å²) >= 11 is 0. The maximum atomic E-state index is 6.67. The number of furan rings is 1. The summed E-state index contributed by atoms with van der Waals surface area (Å²) < 4.78 is 6.67. The average Bonchev–Trinajstić information content (AvgIpc) is 3.79. The Hall–Kier alpha value is -7.22. The molecule has 12 rings (SSSR count). The lowest BCUT2D eigenvalue weighted by Gasteiger charge is -2.34. The van der Waals surface area contributed by atoms with Crippen LogP contribution in [0.5, 0.6) is 0 Å². The van der Waals surface area contributed by atoms with Gasteiger partial charge in [0.25, 0.3) is 0 Å². The van der Waals surface area contributed by atoms with E-state index in [2.05, 4.69) is 206 Å². The maximum Gasteiger partial charge on any atom is 0.143 e. The first-order chi connectivity index (χ1) is 27.8. The minimum absolute atomic E-state index is 0.546. The Morgan fingerprint density at radius 2 is 0.911 bits per heavy atom. The molecule has 0 amide bonds. The monoisotopic (exact) mass is 710 g/mol. The molecule has 260 valence electrons. The number of hydrogen-bond acceptors (Lipinski definition) is 1. The largest absolute Gasteiger partial charge is 0.455 e. The lowest BCUT2D eigenvalue weighted by molar-refractivity contribution is 0.673. The quantitative estimate of drug-likeness (QED) is 0.177. The second-order valence-corrected chi connectivity index (χ2v) is 15.1. The van der Waals surface area contributed by atoms with Crippen LogP contribution in [0.15, 0.2) is 211 Å². The van der Waals surface area contributed by atoms with Crippen LogP contribution in [-0.2, 0) is 5.41 Å². The minimum Gasteiger partial charge on any atom is -0.455 e. The van der Waals surface area contributed by atoms with E-state index in [1.807, 2.05) is 0 Å². The summed E-state index contributed by atoms with van der Waals surface area (Å²) in [5.74, 6) is 0. The lowest BCUT2D eigenvalue weighted by atomic mass is 9.67. The van der Waals surface area contributed by atoms with Gasteiger partial charge in [-0.2, -0.15) is 0 Å². The maximum absolute atomic E-state index is 6.67. The van der Waals surface area contributed by atoms with Crippen LogP contribution in [0.1, 0.15) is 22.3 Å². The van der Waals surface area contributed by atoms with Gasteiger partial charge in [-0.1, -0.05) is 176 Å². The molecule has 1 aliphatic rings. The van der Waals surface area contributed by atoms with Gasteiger partial charge >= 0.3 is 0 Å². The first-order valence-electron chi connectivity index (χ1n) is 19.4. The molecule has 0 aliphatic heterocycles. The molecule has 0 atom stereocenters.